The summed E-state index contributed by atoms with van der Waals surface area (Å²) in [4.78, 5) is 0. The Morgan fingerprint density at radius 3 is 2.44 bits per heavy atom. The largest absolute Gasteiger partial charge is 0.495 e. The van der Waals surface area contributed by atoms with Crippen molar-refractivity contribution in [3.8, 4) is 23.3 Å². The molecule has 3 nitrogen and oxygen atoms in total. The van der Waals surface area contributed by atoms with Crippen molar-refractivity contribution in [2.75, 3.05) is 7.11 Å². The van der Waals surface area contributed by atoms with Gasteiger partial charge in [-0.05, 0) is 36.8 Å². The summed E-state index contributed by atoms with van der Waals surface area (Å²) < 4.78 is 10.9. The summed E-state index contributed by atoms with van der Waals surface area (Å²) in [6, 6.07) is 15.1. The van der Waals surface area contributed by atoms with Gasteiger partial charge in [-0.3, -0.25) is 0 Å². The molecule has 0 aliphatic carbocycles. The van der Waals surface area contributed by atoms with Crippen LogP contribution >= 0.6 is 0 Å². The van der Waals surface area contributed by atoms with Crippen LogP contribution in [0, 0.1) is 18.3 Å². The van der Waals surface area contributed by atoms with Crippen LogP contribution in [0.4, 0.5) is 0 Å². The van der Waals surface area contributed by atoms with Crippen molar-refractivity contribution >= 4 is 0 Å². The zero-order valence-electron chi connectivity index (χ0n) is 10.3. The van der Waals surface area contributed by atoms with E-state index >= 15 is 0 Å². The van der Waals surface area contributed by atoms with E-state index in [4.69, 9.17) is 14.7 Å². The summed E-state index contributed by atoms with van der Waals surface area (Å²) in [5.74, 6) is 1.73. The van der Waals surface area contributed by atoms with Gasteiger partial charge in [0.05, 0.1) is 7.11 Å². The summed E-state index contributed by atoms with van der Waals surface area (Å²) >= 11 is 0. The monoisotopic (exact) mass is 239 g/mol. The molecule has 0 aliphatic heterocycles. The highest BCUT2D eigenvalue weighted by Crippen LogP contribution is 2.31. The van der Waals surface area contributed by atoms with Crippen molar-refractivity contribution in [3.05, 3.63) is 53.6 Å². The van der Waals surface area contributed by atoms with Gasteiger partial charge < -0.3 is 9.47 Å². The average Bonchev–Trinajstić information content (AvgIpc) is 2.38. The van der Waals surface area contributed by atoms with E-state index in [2.05, 4.69) is 6.07 Å². The molecule has 0 amide bonds. The molecule has 0 heterocycles. The number of hydrogen-bond acceptors (Lipinski definition) is 3. The van der Waals surface area contributed by atoms with Gasteiger partial charge in [0.1, 0.15) is 28.9 Å². The van der Waals surface area contributed by atoms with Crippen LogP contribution in [-0.4, -0.2) is 7.11 Å². The first-order valence-corrected chi connectivity index (χ1v) is 5.56. The smallest absolute Gasteiger partial charge is 0.148 e. The molecule has 2 aromatic rings. The Bertz CT molecular complexity index is 600. The van der Waals surface area contributed by atoms with Crippen LogP contribution in [0.1, 0.15) is 11.1 Å². The van der Waals surface area contributed by atoms with E-state index in [1.807, 2.05) is 31.2 Å². The zero-order valence-corrected chi connectivity index (χ0v) is 10.3. The van der Waals surface area contributed by atoms with Gasteiger partial charge >= 0.3 is 0 Å². The van der Waals surface area contributed by atoms with E-state index in [1.54, 1.807) is 18.2 Å². The second kappa shape index (κ2) is 5.24. The highest BCUT2D eigenvalue weighted by Gasteiger charge is 2.10. The lowest BCUT2D eigenvalue weighted by molar-refractivity contribution is 0.407. The third kappa shape index (κ3) is 2.44. The van der Waals surface area contributed by atoms with Gasteiger partial charge in [-0.25, -0.2) is 0 Å². The van der Waals surface area contributed by atoms with Gasteiger partial charge in [-0.15, -0.1) is 0 Å². The zero-order chi connectivity index (χ0) is 13.0. The number of methoxy groups -OCH3 is 1. The molecule has 0 aromatic heterocycles. The van der Waals surface area contributed by atoms with Gasteiger partial charge in [-0.2, -0.15) is 5.26 Å². The average molecular weight is 239 g/mol. The minimum Gasteiger partial charge on any atom is -0.495 e. The van der Waals surface area contributed by atoms with Gasteiger partial charge in [0.25, 0.3) is 0 Å². The van der Waals surface area contributed by atoms with Crippen molar-refractivity contribution < 1.29 is 9.47 Å². The Balaban J connectivity index is 2.38. The molecular weight excluding hydrogens is 226 g/mol. The minimum absolute atomic E-state index is 0.404. The lowest BCUT2D eigenvalue weighted by Crippen LogP contribution is -1.92. The van der Waals surface area contributed by atoms with E-state index in [9.17, 15) is 0 Å². The van der Waals surface area contributed by atoms with Crippen LogP contribution in [0.25, 0.3) is 0 Å². The first kappa shape index (κ1) is 12.0. The second-order valence-electron chi connectivity index (χ2n) is 3.86. The summed E-state index contributed by atoms with van der Waals surface area (Å²) in [6.45, 7) is 1.99. The van der Waals surface area contributed by atoms with E-state index in [0.717, 1.165) is 5.56 Å². The van der Waals surface area contributed by atoms with E-state index in [0.29, 0.717) is 22.8 Å². The molecule has 0 saturated carbocycles. The number of nitriles is 1. The maximum Gasteiger partial charge on any atom is 0.148 e. The molecule has 2 rings (SSSR count). The molecule has 90 valence electrons. The molecule has 0 spiro atoms. The van der Waals surface area contributed by atoms with Crippen LogP contribution in [0.2, 0.25) is 0 Å². The standard InChI is InChI=1S/C15H13NO2/c1-11-5-3-6-12(9-11)18-15-8-4-7-14(17-2)13(15)10-16/h3-9H,1-2H3. The van der Waals surface area contributed by atoms with Gasteiger partial charge in [0.2, 0.25) is 0 Å². The number of hydrogen-bond donors (Lipinski definition) is 0. The van der Waals surface area contributed by atoms with Gasteiger partial charge in [0, 0.05) is 0 Å². The lowest BCUT2D eigenvalue weighted by atomic mass is 10.2. The molecule has 0 aliphatic rings. The topological polar surface area (TPSA) is 42.2 Å². The molecule has 18 heavy (non-hydrogen) atoms. The Morgan fingerprint density at radius 2 is 1.78 bits per heavy atom. The number of ether oxygens (including phenoxy) is 2. The maximum atomic E-state index is 9.15. The molecule has 2 aromatic carbocycles. The van der Waals surface area contributed by atoms with Crippen LogP contribution < -0.4 is 9.47 Å². The van der Waals surface area contributed by atoms with E-state index < -0.39 is 0 Å². The van der Waals surface area contributed by atoms with Crippen molar-refractivity contribution in [1.29, 1.82) is 5.26 Å². The van der Waals surface area contributed by atoms with Crippen LogP contribution in [0.3, 0.4) is 0 Å². The maximum absolute atomic E-state index is 9.15. The fourth-order valence-corrected chi connectivity index (χ4v) is 1.68. The molecule has 0 atom stereocenters. The molecule has 0 radical (unpaired) electrons. The van der Waals surface area contributed by atoms with Crippen LogP contribution in [0.5, 0.6) is 17.2 Å². The number of rotatable bonds is 3. The summed E-state index contributed by atoms with van der Waals surface area (Å²) in [5, 5.41) is 9.15. The van der Waals surface area contributed by atoms with E-state index in [-0.39, 0.29) is 0 Å². The third-order valence-corrected chi connectivity index (χ3v) is 2.54. The first-order chi connectivity index (χ1) is 8.74. The lowest BCUT2D eigenvalue weighted by Gasteiger charge is -2.10. The second-order valence-corrected chi connectivity index (χ2v) is 3.86. The van der Waals surface area contributed by atoms with Crippen molar-refractivity contribution in [2.45, 2.75) is 6.92 Å². The molecule has 0 saturated heterocycles. The molecule has 3 heteroatoms. The first-order valence-electron chi connectivity index (χ1n) is 5.56. The summed E-state index contributed by atoms with van der Waals surface area (Å²) in [6.07, 6.45) is 0. The number of benzene rings is 2. The predicted octanol–water partition coefficient (Wildman–Crippen LogP) is 3.67. The Hall–Kier alpha value is -2.47. The molecular formula is C15H13NO2. The highest BCUT2D eigenvalue weighted by molar-refractivity contribution is 5.54. The van der Waals surface area contributed by atoms with Gasteiger partial charge in [-0.1, -0.05) is 18.2 Å². The fraction of sp³-hybridized carbons (Fsp3) is 0.133. The quantitative estimate of drug-likeness (QED) is 0.820. The van der Waals surface area contributed by atoms with Crippen molar-refractivity contribution in [2.24, 2.45) is 0 Å². The number of aryl methyl sites for hydroxylation is 1. The van der Waals surface area contributed by atoms with Crippen molar-refractivity contribution in [3.63, 3.8) is 0 Å². The Kier molecular flexibility index (Phi) is 3.49. The van der Waals surface area contributed by atoms with Gasteiger partial charge in [0.15, 0.2) is 0 Å². The van der Waals surface area contributed by atoms with E-state index in [1.165, 1.54) is 7.11 Å². The molecule has 0 unspecified atom stereocenters. The third-order valence-electron chi connectivity index (χ3n) is 2.54. The minimum atomic E-state index is 0.404. The molecule has 0 N–H and O–H groups in total. The fourth-order valence-electron chi connectivity index (χ4n) is 1.68. The summed E-state index contributed by atoms with van der Waals surface area (Å²) in [7, 11) is 1.53. The number of nitrogens with zero attached hydrogens (tertiary/aromatic N) is 1. The predicted molar refractivity (Wildman–Crippen MR) is 69.0 cm³/mol. The SMILES string of the molecule is COc1cccc(Oc2cccc(C)c2)c1C#N. The van der Waals surface area contributed by atoms with Crippen LogP contribution in [0.15, 0.2) is 42.5 Å². The Labute approximate surface area is 106 Å². The van der Waals surface area contributed by atoms with Crippen LogP contribution in [-0.2, 0) is 0 Å². The normalized spacial score (nSPS) is 9.61. The highest BCUT2D eigenvalue weighted by atomic mass is 16.5. The Morgan fingerprint density at radius 1 is 1.06 bits per heavy atom. The molecule has 0 fully saturated rings. The summed E-state index contributed by atoms with van der Waals surface area (Å²) in [5.41, 5.74) is 1.51. The van der Waals surface area contributed by atoms with Crippen molar-refractivity contribution in [1.82, 2.24) is 0 Å². The molecule has 0 bridgehead atoms.